The molecule has 0 spiro atoms. The number of rotatable bonds is 4. The molecule has 2 nitrogen and oxygen atoms in total. The zero-order chi connectivity index (χ0) is 12.3. The molecular formula is C14H14BrNO. The molecule has 2 rings (SSSR count). The molecular weight excluding hydrogens is 278 g/mol. The van der Waals surface area contributed by atoms with Crippen LogP contribution in [0.2, 0.25) is 0 Å². The van der Waals surface area contributed by atoms with Crippen LogP contribution < -0.4 is 0 Å². The van der Waals surface area contributed by atoms with E-state index >= 15 is 0 Å². The molecule has 0 aromatic heterocycles. The van der Waals surface area contributed by atoms with E-state index < -0.39 is 5.92 Å². The van der Waals surface area contributed by atoms with E-state index in [4.69, 9.17) is 5.26 Å². The van der Waals surface area contributed by atoms with Gasteiger partial charge in [0.1, 0.15) is 5.92 Å². The van der Waals surface area contributed by atoms with Crippen molar-refractivity contribution in [3.05, 3.63) is 34.3 Å². The lowest BCUT2D eigenvalue weighted by molar-refractivity contribution is -0.120. The Hall–Kier alpha value is -1.14. The predicted octanol–water partition coefficient (Wildman–Crippen LogP) is 3.82. The molecule has 88 valence electrons. The van der Waals surface area contributed by atoms with Gasteiger partial charge < -0.3 is 0 Å². The molecule has 0 aliphatic heterocycles. The van der Waals surface area contributed by atoms with E-state index in [0.717, 1.165) is 22.9 Å². The summed E-state index contributed by atoms with van der Waals surface area (Å²) in [7, 11) is 0. The van der Waals surface area contributed by atoms with Crippen LogP contribution in [0.1, 0.15) is 37.2 Å². The van der Waals surface area contributed by atoms with Gasteiger partial charge in [0.05, 0.1) is 6.07 Å². The van der Waals surface area contributed by atoms with Gasteiger partial charge in [-0.3, -0.25) is 4.79 Å². The number of hydrogen-bond donors (Lipinski definition) is 0. The summed E-state index contributed by atoms with van der Waals surface area (Å²) in [5, 5.41) is 9.16. The summed E-state index contributed by atoms with van der Waals surface area (Å²) in [4.78, 5) is 12.1. The maximum Gasteiger partial charge on any atom is 0.154 e. The molecule has 0 N–H and O–H groups in total. The number of halogens is 1. The van der Waals surface area contributed by atoms with E-state index in [1.165, 1.54) is 6.42 Å². The molecule has 1 fully saturated rings. The van der Waals surface area contributed by atoms with Crippen molar-refractivity contribution in [3.8, 4) is 6.07 Å². The van der Waals surface area contributed by atoms with Crippen LogP contribution in [-0.2, 0) is 4.79 Å². The summed E-state index contributed by atoms with van der Waals surface area (Å²) in [5.74, 6) is -0.0195. The highest BCUT2D eigenvalue weighted by Crippen LogP contribution is 2.32. The van der Waals surface area contributed by atoms with Crippen molar-refractivity contribution in [2.24, 2.45) is 5.92 Å². The molecule has 1 aromatic carbocycles. The Morgan fingerprint density at radius 1 is 1.53 bits per heavy atom. The van der Waals surface area contributed by atoms with Gasteiger partial charge in [0.15, 0.2) is 5.78 Å². The second-order valence-electron chi connectivity index (χ2n) is 4.58. The minimum absolute atomic E-state index is 0.0651. The van der Waals surface area contributed by atoms with Crippen LogP contribution in [0.15, 0.2) is 28.7 Å². The van der Waals surface area contributed by atoms with Crippen LogP contribution in [0.3, 0.4) is 0 Å². The van der Waals surface area contributed by atoms with E-state index in [2.05, 4.69) is 22.0 Å². The summed E-state index contributed by atoms with van der Waals surface area (Å²) >= 11 is 3.36. The molecule has 1 saturated carbocycles. The number of Topliss-reactive ketones (excluding diaryl/α,β-unsaturated/α-hetero) is 1. The third-order valence-corrected chi connectivity index (χ3v) is 3.84. The zero-order valence-corrected chi connectivity index (χ0v) is 11.1. The van der Waals surface area contributed by atoms with Gasteiger partial charge in [-0.05, 0) is 23.6 Å². The van der Waals surface area contributed by atoms with Crippen molar-refractivity contribution < 1.29 is 4.79 Å². The van der Waals surface area contributed by atoms with Crippen molar-refractivity contribution in [2.45, 2.75) is 31.6 Å². The van der Waals surface area contributed by atoms with Crippen molar-refractivity contribution in [2.75, 3.05) is 0 Å². The van der Waals surface area contributed by atoms with E-state index in [1.807, 2.05) is 24.3 Å². The van der Waals surface area contributed by atoms with Crippen molar-refractivity contribution >= 4 is 21.7 Å². The average Bonchev–Trinajstić information content (AvgIpc) is 2.25. The fourth-order valence-electron chi connectivity index (χ4n) is 2.12. The fourth-order valence-corrected chi connectivity index (χ4v) is 2.53. The summed E-state index contributed by atoms with van der Waals surface area (Å²) in [6, 6.07) is 9.59. The van der Waals surface area contributed by atoms with Crippen LogP contribution in [0.4, 0.5) is 0 Å². The minimum Gasteiger partial charge on any atom is -0.298 e. The Balaban J connectivity index is 2.10. The normalized spacial score (nSPS) is 16.9. The van der Waals surface area contributed by atoms with Crippen LogP contribution in [0.25, 0.3) is 0 Å². The van der Waals surface area contributed by atoms with Gasteiger partial charge >= 0.3 is 0 Å². The summed E-state index contributed by atoms with van der Waals surface area (Å²) in [6.45, 7) is 0. The lowest BCUT2D eigenvalue weighted by Gasteiger charge is -2.25. The van der Waals surface area contributed by atoms with Gasteiger partial charge in [-0.1, -0.05) is 47.3 Å². The number of carbonyl (C=O) groups excluding carboxylic acids is 1. The maximum absolute atomic E-state index is 12.1. The van der Waals surface area contributed by atoms with Gasteiger partial charge in [-0.15, -0.1) is 0 Å². The average molecular weight is 292 g/mol. The van der Waals surface area contributed by atoms with E-state index in [-0.39, 0.29) is 5.78 Å². The molecule has 0 bridgehead atoms. The highest BCUT2D eigenvalue weighted by atomic mass is 79.9. The third kappa shape index (κ3) is 2.95. The fraction of sp³-hybridized carbons (Fsp3) is 0.429. The Morgan fingerprint density at radius 2 is 2.29 bits per heavy atom. The molecule has 1 aliphatic carbocycles. The number of benzene rings is 1. The molecule has 1 unspecified atom stereocenters. The molecule has 0 radical (unpaired) electrons. The summed E-state index contributed by atoms with van der Waals surface area (Å²) < 4.78 is 0.909. The monoisotopic (exact) mass is 291 g/mol. The number of carbonyl (C=O) groups is 1. The quantitative estimate of drug-likeness (QED) is 0.846. The summed E-state index contributed by atoms with van der Waals surface area (Å²) in [5.41, 5.74) is 0.797. The molecule has 0 amide bonds. The Kier molecular flexibility index (Phi) is 3.96. The maximum atomic E-state index is 12.1. The van der Waals surface area contributed by atoms with Crippen LogP contribution in [0, 0.1) is 17.2 Å². The molecule has 17 heavy (non-hydrogen) atoms. The number of nitrogens with zero attached hydrogens (tertiary/aromatic N) is 1. The third-order valence-electron chi connectivity index (χ3n) is 3.35. The van der Waals surface area contributed by atoms with Crippen LogP contribution in [0.5, 0.6) is 0 Å². The Morgan fingerprint density at radius 3 is 2.82 bits per heavy atom. The zero-order valence-electron chi connectivity index (χ0n) is 9.53. The Bertz CT molecular complexity index is 460. The van der Waals surface area contributed by atoms with Gasteiger partial charge in [-0.2, -0.15) is 5.26 Å². The first-order chi connectivity index (χ1) is 8.20. The summed E-state index contributed by atoms with van der Waals surface area (Å²) in [6.07, 6.45) is 4.07. The van der Waals surface area contributed by atoms with Gasteiger partial charge in [0, 0.05) is 10.9 Å². The smallest absolute Gasteiger partial charge is 0.154 e. The molecule has 1 aromatic rings. The van der Waals surface area contributed by atoms with Gasteiger partial charge in [-0.25, -0.2) is 0 Å². The van der Waals surface area contributed by atoms with E-state index in [1.54, 1.807) is 0 Å². The van der Waals surface area contributed by atoms with Crippen LogP contribution >= 0.6 is 15.9 Å². The van der Waals surface area contributed by atoms with Gasteiger partial charge in [0.25, 0.3) is 0 Å². The van der Waals surface area contributed by atoms with E-state index in [0.29, 0.717) is 12.3 Å². The second kappa shape index (κ2) is 5.46. The first kappa shape index (κ1) is 12.3. The number of ketones is 1. The predicted molar refractivity (Wildman–Crippen MR) is 69.5 cm³/mol. The lowest BCUT2D eigenvalue weighted by atomic mass is 9.79. The SMILES string of the molecule is N#CC(C(=O)CC1CCC1)c1cccc(Br)c1. The first-order valence-electron chi connectivity index (χ1n) is 5.88. The van der Waals surface area contributed by atoms with Gasteiger partial charge in [0.2, 0.25) is 0 Å². The molecule has 1 atom stereocenters. The second-order valence-corrected chi connectivity index (χ2v) is 5.50. The molecule has 0 heterocycles. The van der Waals surface area contributed by atoms with Crippen molar-refractivity contribution in [3.63, 3.8) is 0 Å². The molecule has 1 aliphatic rings. The molecule has 3 heteroatoms. The highest BCUT2D eigenvalue weighted by Gasteiger charge is 2.26. The van der Waals surface area contributed by atoms with Crippen molar-refractivity contribution in [1.29, 1.82) is 5.26 Å². The Labute approximate surface area is 110 Å². The number of nitriles is 1. The first-order valence-corrected chi connectivity index (χ1v) is 6.68. The largest absolute Gasteiger partial charge is 0.298 e. The molecule has 0 saturated heterocycles. The van der Waals surface area contributed by atoms with Crippen molar-refractivity contribution in [1.82, 2.24) is 0 Å². The minimum atomic E-state index is -0.604. The lowest BCUT2D eigenvalue weighted by Crippen LogP contribution is -2.20. The standard InChI is InChI=1S/C14H14BrNO/c15-12-6-2-5-11(8-12)13(9-16)14(17)7-10-3-1-4-10/h2,5-6,8,10,13H,1,3-4,7H2. The highest BCUT2D eigenvalue weighted by molar-refractivity contribution is 9.10. The van der Waals surface area contributed by atoms with Crippen LogP contribution in [-0.4, -0.2) is 5.78 Å². The number of hydrogen-bond acceptors (Lipinski definition) is 2. The topological polar surface area (TPSA) is 40.9 Å². The van der Waals surface area contributed by atoms with E-state index in [9.17, 15) is 4.79 Å².